The first-order valence-corrected chi connectivity index (χ1v) is 8.85. The molecule has 30 heavy (non-hydrogen) atoms. The van der Waals surface area contributed by atoms with Gasteiger partial charge in [0.25, 0.3) is 5.78 Å². The van der Waals surface area contributed by atoms with Crippen LogP contribution in [-0.2, 0) is 11.3 Å². The van der Waals surface area contributed by atoms with Gasteiger partial charge in [-0.2, -0.15) is 13.2 Å². The third-order valence-electron chi connectivity index (χ3n) is 4.98. The molecule has 0 spiro atoms. The molecule has 1 heterocycles. The summed E-state index contributed by atoms with van der Waals surface area (Å²) in [5.41, 5.74) is 1.48. The van der Waals surface area contributed by atoms with Crippen molar-refractivity contribution in [1.82, 2.24) is 0 Å². The molecule has 0 aromatic heterocycles. The van der Waals surface area contributed by atoms with E-state index in [1.807, 2.05) is 6.07 Å². The maximum Gasteiger partial charge on any atom is 0.454 e. The number of hydrogen-bond donors (Lipinski definition) is 0. The van der Waals surface area contributed by atoms with Crippen molar-refractivity contribution < 1.29 is 37.0 Å². The number of benzene rings is 3. The molecule has 3 aromatic rings. The van der Waals surface area contributed by atoms with Crippen molar-refractivity contribution in [1.29, 1.82) is 0 Å². The number of Topliss-reactive ketones (excluding diaryl/α,β-unsaturated/α-hetero) is 1. The fraction of sp³-hybridized carbons (Fsp3) is 0.182. The van der Waals surface area contributed by atoms with E-state index in [9.17, 15) is 22.8 Å². The van der Waals surface area contributed by atoms with Crippen LogP contribution >= 0.6 is 0 Å². The quantitative estimate of drug-likeness (QED) is 0.445. The second-order valence-corrected chi connectivity index (χ2v) is 6.69. The molecule has 0 unspecified atom stereocenters. The number of methoxy groups -OCH3 is 2. The van der Waals surface area contributed by atoms with Crippen LogP contribution in [-0.4, -0.2) is 32.1 Å². The summed E-state index contributed by atoms with van der Waals surface area (Å²) in [7, 11) is 2.98. The highest BCUT2D eigenvalue weighted by atomic mass is 19.4. The molecule has 0 atom stereocenters. The van der Waals surface area contributed by atoms with Gasteiger partial charge in [-0.05, 0) is 34.5 Å². The molecule has 0 saturated carbocycles. The Balaban J connectivity index is 1.96. The van der Waals surface area contributed by atoms with E-state index < -0.39 is 23.5 Å². The van der Waals surface area contributed by atoms with Crippen LogP contribution in [0.4, 0.5) is 13.2 Å². The zero-order chi connectivity index (χ0) is 21.6. The van der Waals surface area contributed by atoms with Crippen molar-refractivity contribution in [2.45, 2.75) is 12.8 Å². The molecule has 1 aliphatic rings. The van der Waals surface area contributed by atoms with Gasteiger partial charge in [0.1, 0.15) is 6.61 Å². The Morgan fingerprint density at radius 1 is 0.967 bits per heavy atom. The largest absolute Gasteiger partial charge is 0.493 e. The van der Waals surface area contributed by atoms with E-state index in [1.54, 1.807) is 12.1 Å². The second-order valence-electron chi connectivity index (χ2n) is 6.69. The van der Waals surface area contributed by atoms with Crippen LogP contribution in [0.5, 0.6) is 11.5 Å². The summed E-state index contributed by atoms with van der Waals surface area (Å²) < 4.78 is 54.0. The molecule has 4 rings (SSSR count). The topological polar surface area (TPSA) is 61.8 Å². The third-order valence-corrected chi connectivity index (χ3v) is 4.98. The summed E-state index contributed by atoms with van der Waals surface area (Å²) in [4.78, 5) is 23.9. The lowest BCUT2D eigenvalue weighted by Gasteiger charge is -2.15. The third kappa shape index (κ3) is 3.14. The van der Waals surface area contributed by atoms with Crippen LogP contribution in [0.2, 0.25) is 0 Å². The number of ether oxygens (including phenoxy) is 3. The molecule has 154 valence electrons. The first-order valence-electron chi connectivity index (χ1n) is 8.85. The summed E-state index contributed by atoms with van der Waals surface area (Å²) in [6.07, 6.45) is -4.96. The Hall–Kier alpha value is -3.55. The smallest absolute Gasteiger partial charge is 0.454 e. The summed E-state index contributed by atoms with van der Waals surface area (Å²) >= 11 is 0. The van der Waals surface area contributed by atoms with Gasteiger partial charge < -0.3 is 14.2 Å². The Morgan fingerprint density at radius 3 is 2.20 bits per heavy atom. The second kappa shape index (κ2) is 7.05. The molecule has 0 saturated heterocycles. The van der Waals surface area contributed by atoms with Gasteiger partial charge in [0, 0.05) is 16.7 Å². The minimum atomic E-state index is -4.96. The molecular formula is C22H15F3O5. The summed E-state index contributed by atoms with van der Waals surface area (Å²) in [5, 5.41) is 1.38. The van der Waals surface area contributed by atoms with Crippen molar-refractivity contribution in [3.8, 4) is 22.6 Å². The van der Waals surface area contributed by atoms with E-state index in [0.29, 0.717) is 39.1 Å². The highest BCUT2D eigenvalue weighted by molar-refractivity contribution is 6.11. The van der Waals surface area contributed by atoms with Crippen LogP contribution in [0.3, 0.4) is 0 Å². The number of halogens is 3. The lowest BCUT2D eigenvalue weighted by molar-refractivity contribution is -0.0885. The van der Waals surface area contributed by atoms with E-state index in [1.165, 1.54) is 26.4 Å². The molecule has 1 aliphatic heterocycles. The molecule has 0 aliphatic carbocycles. The van der Waals surface area contributed by atoms with Crippen molar-refractivity contribution >= 4 is 22.5 Å². The zero-order valence-corrected chi connectivity index (χ0v) is 15.9. The number of fused-ring (bicyclic) bond motifs is 2. The molecule has 0 radical (unpaired) electrons. The van der Waals surface area contributed by atoms with Gasteiger partial charge >= 0.3 is 12.1 Å². The fourth-order valence-electron chi connectivity index (χ4n) is 3.60. The van der Waals surface area contributed by atoms with E-state index in [2.05, 4.69) is 0 Å². The van der Waals surface area contributed by atoms with Crippen LogP contribution in [0, 0.1) is 0 Å². The highest BCUT2D eigenvalue weighted by Crippen LogP contribution is 2.42. The van der Waals surface area contributed by atoms with Gasteiger partial charge in [-0.25, -0.2) is 4.79 Å². The van der Waals surface area contributed by atoms with E-state index in [4.69, 9.17) is 14.2 Å². The summed E-state index contributed by atoms with van der Waals surface area (Å²) in [5.74, 6) is -1.52. The lowest BCUT2D eigenvalue weighted by atomic mass is 9.89. The normalized spacial score (nSPS) is 13.2. The van der Waals surface area contributed by atoms with E-state index in [0.717, 1.165) is 17.5 Å². The molecule has 0 N–H and O–H groups in total. The van der Waals surface area contributed by atoms with Gasteiger partial charge in [0.05, 0.1) is 19.8 Å². The SMILES string of the molecule is COc1cc2cc3c(c(-c4ccc(C(=O)C(F)(F)F)cc4)c2cc1OC)C(=O)OC3. The number of ketones is 1. The van der Waals surface area contributed by atoms with Crippen LogP contribution in [0.1, 0.15) is 26.3 Å². The van der Waals surface area contributed by atoms with Crippen molar-refractivity contribution in [2.24, 2.45) is 0 Å². The Bertz CT molecular complexity index is 1180. The molecule has 5 nitrogen and oxygen atoms in total. The minimum Gasteiger partial charge on any atom is -0.493 e. The molecule has 0 amide bonds. The Kier molecular flexibility index (Phi) is 4.64. The summed E-state index contributed by atoms with van der Waals surface area (Å²) in [6.45, 7) is 0.0933. The maximum atomic E-state index is 12.7. The lowest BCUT2D eigenvalue weighted by Crippen LogP contribution is -2.22. The number of hydrogen-bond acceptors (Lipinski definition) is 5. The van der Waals surface area contributed by atoms with Crippen molar-refractivity contribution in [3.05, 3.63) is 59.2 Å². The van der Waals surface area contributed by atoms with Crippen LogP contribution in [0.25, 0.3) is 21.9 Å². The number of esters is 1. The summed E-state index contributed by atoms with van der Waals surface area (Å²) in [6, 6.07) is 10.2. The minimum absolute atomic E-state index is 0.0933. The van der Waals surface area contributed by atoms with Gasteiger partial charge in [-0.15, -0.1) is 0 Å². The molecule has 0 fully saturated rings. The zero-order valence-electron chi connectivity index (χ0n) is 15.9. The average molecular weight is 416 g/mol. The molecular weight excluding hydrogens is 401 g/mol. The Labute approximate surface area is 169 Å². The van der Waals surface area contributed by atoms with E-state index >= 15 is 0 Å². The van der Waals surface area contributed by atoms with Gasteiger partial charge in [0.2, 0.25) is 0 Å². The molecule has 3 aromatic carbocycles. The van der Waals surface area contributed by atoms with Gasteiger partial charge in [-0.1, -0.05) is 24.3 Å². The monoisotopic (exact) mass is 416 g/mol. The number of carbonyl (C=O) groups is 2. The first-order chi connectivity index (χ1) is 14.2. The Morgan fingerprint density at radius 2 is 1.60 bits per heavy atom. The number of carbonyl (C=O) groups excluding carboxylic acids is 2. The standard InChI is InChI=1S/C22H15F3O5/c1-28-16-8-13-7-14-10-30-21(27)19(14)18(15(13)9-17(16)29-2)11-3-5-12(6-4-11)20(26)22(23,24)25/h3-9H,10H2,1-2H3. The number of rotatable bonds is 4. The molecule has 0 bridgehead atoms. The van der Waals surface area contributed by atoms with Crippen LogP contribution < -0.4 is 9.47 Å². The van der Waals surface area contributed by atoms with Gasteiger partial charge in [0.15, 0.2) is 11.5 Å². The van der Waals surface area contributed by atoms with Crippen molar-refractivity contribution in [3.63, 3.8) is 0 Å². The highest BCUT2D eigenvalue weighted by Gasteiger charge is 2.39. The maximum absolute atomic E-state index is 12.7. The molecule has 8 heteroatoms. The van der Waals surface area contributed by atoms with Crippen molar-refractivity contribution in [2.75, 3.05) is 14.2 Å². The average Bonchev–Trinajstić information content (AvgIpc) is 3.10. The predicted octanol–water partition coefficient (Wildman–Crippen LogP) is 4.94. The number of alkyl halides is 3. The number of cyclic esters (lactones) is 1. The van der Waals surface area contributed by atoms with Gasteiger partial charge in [-0.3, -0.25) is 4.79 Å². The first kappa shape index (κ1) is 19.8. The van der Waals surface area contributed by atoms with Crippen LogP contribution in [0.15, 0.2) is 42.5 Å². The fourth-order valence-corrected chi connectivity index (χ4v) is 3.60. The predicted molar refractivity (Wildman–Crippen MR) is 102 cm³/mol. The van der Waals surface area contributed by atoms with E-state index in [-0.39, 0.29) is 6.61 Å².